The summed E-state index contributed by atoms with van der Waals surface area (Å²) in [6.45, 7) is 4.23. The number of aryl methyl sites for hydroxylation is 1. The highest BCUT2D eigenvalue weighted by atomic mass is 35.5. The van der Waals surface area contributed by atoms with Crippen LogP contribution in [0.1, 0.15) is 18.1 Å². The van der Waals surface area contributed by atoms with Gasteiger partial charge in [-0.1, -0.05) is 23.7 Å². The molecule has 2 aromatic carbocycles. The predicted molar refractivity (Wildman–Crippen MR) is 103 cm³/mol. The lowest BCUT2D eigenvalue weighted by atomic mass is 10.1. The van der Waals surface area contributed by atoms with Gasteiger partial charge in [0.1, 0.15) is 11.6 Å². The molecule has 26 heavy (non-hydrogen) atoms. The Morgan fingerprint density at radius 3 is 2.69 bits per heavy atom. The van der Waals surface area contributed by atoms with Gasteiger partial charge >= 0.3 is 0 Å². The lowest BCUT2D eigenvalue weighted by molar-refractivity contribution is -0.112. The van der Waals surface area contributed by atoms with Gasteiger partial charge in [0.15, 0.2) is 11.5 Å². The molecule has 6 heteroatoms. The largest absolute Gasteiger partial charge is 0.493 e. The summed E-state index contributed by atoms with van der Waals surface area (Å²) in [6.07, 6.45) is 1.49. The smallest absolute Gasteiger partial charge is 0.266 e. The van der Waals surface area contributed by atoms with Gasteiger partial charge in [0.25, 0.3) is 5.91 Å². The van der Waals surface area contributed by atoms with E-state index in [0.29, 0.717) is 34.4 Å². The number of amides is 1. The van der Waals surface area contributed by atoms with Crippen molar-refractivity contribution >= 4 is 29.3 Å². The van der Waals surface area contributed by atoms with E-state index in [2.05, 4.69) is 5.32 Å². The fraction of sp³-hybridized carbons (Fsp3) is 0.200. The molecule has 0 saturated carbocycles. The van der Waals surface area contributed by atoms with Crippen molar-refractivity contribution in [2.75, 3.05) is 19.0 Å². The number of methoxy groups -OCH3 is 1. The number of benzene rings is 2. The Kier molecular flexibility index (Phi) is 6.65. The maximum atomic E-state index is 12.4. The molecule has 1 N–H and O–H groups in total. The zero-order valence-corrected chi connectivity index (χ0v) is 15.6. The molecule has 0 aliphatic rings. The zero-order valence-electron chi connectivity index (χ0n) is 14.8. The standard InChI is InChI=1S/C20H19ClN2O3/c1-4-26-18-8-6-14(10-19(18)25-3)9-15(12-22)20(24)23-17-11-16(21)7-5-13(17)2/h5-11H,4H2,1-3H3,(H,23,24)/b15-9+. The Labute approximate surface area is 157 Å². The van der Waals surface area contributed by atoms with Crippen LogP contribution in [0.25, 0.3) is 6.08 Å². The van der Waals surface area contributed by atoms with Gasteiger partial charge in [-0.3, -0.25) is 4.79 Å². The zero-order chi connectivity index (χ0) is 19.1. The maximum Gasteiger partial charge on any atom is 0.266 e. The van der Waals surface area contributed by atoms with Crippen molar-refractivity contribution in [2.24, 2.45) is 0 Å². The number of carbonyl (C=O) groups is 1. The van der Waals surface area contributed by atoms with Crippen LogP contribution in [-0.2, 0) is 4.79 Å². The molecule has 0 radical (unpaired) electrons. The molecular formula is C20H19ClN2O3. The van der Waals surface area contributed by atoms with E-state index in [9.17, 15) is 10.1 Å². The fourth-order valence-corrected chi connectivity index (χ4v) is 2.45. The lowest BCUT2D eigenvalue weighted by Crippen LogP contribution is -2.14. The Bertz CT molecular complexity index is 885. The highest BCUT2D eigenvalue weighted by molar-refractivity contribution is 6.31. The summed E-state index contributed by atoms with van der Waals surface area (Å²) >= 11 is 5.96. The number of nitriles is 1. The predicted octanol–water partition coefficient (Wildman–Crippen LogP) is 4.60. The number of hydrogen-bond donors (Lipinski definition) is 1. The van der Waals surface area contributed by atoms with E-state index < -0.39 is 5.91 Å². The monoisotopic (exact) mass is 370 g/mol. The minimum Gasteiger partial charge on any atom is -0.493 e. The molecule has 1 amide bonds. The third-order valence-electron chi connectivity index (χ3n) is 3.61. The van der Waals surface area contributed by atoms with Crippen molar-refractivity contribution in [3.63, 3.8) is 0 Å². The Morgan fingerprint density at radius 1 is 1.27 bits per heavy atom. The molecule has 0 bridgehead atoms. The second-order valence-corrected chi connectivity index (χ2v) is 5.86. The summed E-state index contributed by atoms with van der Waals surface area (Å²) in [4.78, 5) is 12.4. The number of halogens is 1. The average Bonchev–Trinajstić information content (AvgIpc) is 2.63. The Balaban J connectivity index is 2.28. The Hall–Kier alpha value is -2.97. The van der Waals surface area contributed by atoms with Crippen molar-refractivity contribution in [1.29, 1.82) is 5.26 Å². The van der Waals surface area contributed by atoms with Crippen molar-refractivity contribution in [2.45, 2.75) is 13.8 Å². The molecule has 0 heterocycles. The summed E-state index contributed by atoms with van der Waals surface area (Å²) in [7, 11) is 1.53. The van der Waals surface area contributed by atoms with Crippen molar-refractivity contribution in [3.8, 4) is 17.6 Å². The van der Waals surface area contributed by atoms with Crippen LogP contribution in [0.2, 0.25) is 5.02 Å². The third kappa shape index (κ3) is 4.78. The van der Waals surface area contributed by atoms with Crippen LogP contribution in [0, 0.1) is 18.3 Å². The number of rotatable bonds is 6. The summed E-state index contributed by atoms with van der Waals surface area (Å²) in [6, 6.07) is 12.3. The topological polar surface area (TPSA) is 71.3 Å². The molecule has 134 valence electrons. The first-order valence-electron chi connectivity index (χ1n) is 7.98. The van der Waals surface area contributed by atoms with Crippen molar-refractivity contribution in [1.82, 2.24) is 0 Å². The van der Waals surface area contributed by atoms with Gasteiger partial charge in [-0.05, 0) is 55.3 Å². The molecule has 2 aromatic rings. The molecule has 0 spiro atoms. The quantitative estimate of drug-likeness (QED) is 0.595. The van der Waals surface area contributed by atoms with E-state index in [1.165, 1.54) is 13.2 Å². The van der Waals surface area contributed by atoms with E-state index >= 15 is 0 Å². The molecule has 0 aliphatic heterocycles. The minimum atomic E-state index is -0.509. The van der Waals surface area contributed by atoms with Gasteiger partial charge in [-0.15, -0.1) is 0 Å². The second kappa shape index (κ2) is 8.93. The van der Waals surface area contributed by atoms with Gasteiger partial charge in [-0.2, -0.15) is 5.26 Å². The molecule has 0 aliphatic carbocycles. The summed E-state index contributed by atoms with van der Waals surface area (Å²) in [5.74, 6) is 0.624. The van der Waals surface area contributed by atoms with E-state index in [1.807, 2.05) is 19.9 Å². The van der Waals surface area contributed by atoms with Crippen LogP contribution in [0.15, 0.2) is 42.0 Å². The first-order chi connectivity index (χ1) is 12.5. The number of carbonyl (C=O) groups excluding carboxylic acids is 1. The van der Waals surface area contributed by atoms with Gasteiger partial charge < -0.3 is 14.8 Å². The van der Waals surface area contributed by atoms with E-state index in [1.54, 1.807) is 36.4 Å². The number of nitrogens with one attached hydrogen (secondary N) is 1. The van der Waals surface area contributed by atoms with Gasteiger partial charge in [0, 0.05) is 10.7 Å². The SMILES string of the molecule is CCOc1ccc(/C=C(\C#N)C(=O)Nc2cc(Cl)ccc2C)cc1OC. The summed E-state index contributed by atoms with van der Waals surface area (Å²) < 4.78 is 10.7. The van der Waals surface area contributed by atoms with Crippen LogP contribution < -0.4 is 14.8 Å². The van der Waals surface area contributed by atoms with Crippen LogP contribution in [0.5, 0.6) is 11.5 Å². The van der Waals surface area contributed by atoms with Crippen LogP contribution in [-0.4, -0.2) is 19.6 Å². The fourth-order valence-electron chi connectivity index (χ4n) is 2.28. The van der Waals surface area contributed by atoms with Crippen molar-refractivity contribution < 1.29 is 14.3 Å². The van der Waals surface area contributed by atoms with E-state index in [-0.39, 0.29) is 5.57 Å². The maximum absolute atomic E-state index is 12.4. The molecule has 0 unspecified atom stereocenters. The molecular weight excluding hydrogens is 352 g/mol. The number of ether oxygens (including phenoxy) is 2. The third-order valence-corrected chi connectivity index (χ3v) is 3.85. The first kappa shape index (κ1) is 19.4. The van der Waals surface area contributed by atoms with E-state index in [4.69, 9.17) is 21.1 Å². The molecule has 0 aromatic heterocycles. The Morgan fingerprint density at radius 2 is 2.04 bits per heavy atom. The van der Waals surface area contributed by atoms with Gasteiger partial charge in [-0.25, -0.2) is 0 Å². The summed E-state index contributed by atoms with van der Waals surface area (Å²) in [5, 5.41) is 12.6. The highest BCUT2D eigenvalue weighted by Crippen LogP contribution is 2.29. The molecule has 2 rings (SSSR count). The summed E-state index contributed by atoms with van der Waals surface area (Å²) in [5.41, 5.74) is 2.03. The number of anilines is 1. The molecule has 0 saturated heterocycles. The number of nitrogens with zero attached hydrogens (tertiary/aromatic N) is 1. The van der Waals surface area contributed by atoms with Crippen LogP contribution in [0.4, 0.5) is 5.69 Å². The van der Waals surface area contributed by atoms with Crippen LogP contribution in [0.3, 0.4) is 0 Å². The minimum absolute atomic E-state index is 0.0319. The molecule has 0 fully saturated rings. The van der Waals surface area contributed by atoms with Gasteiger partial charge in [0.2, 0.25) is 0 Å². The van der Waals surface area contributed by atoms with Gasteiger partial charge in [0.05, 0.1) is 13.7 Å². The van der Waals surface area contributed by atoms with Crippen LogP contribution >= 0.6 is 11.6 Å². The van der Waals surface area contributed by atoms with E-state index in [0.717, 1.165) is 5.56 Å². The second-order valence-electron chi connectivity index (χ2n) is 5.43. The molecule has 0 atom stereocenters. The number of hydrogen-bond acceptors (Lipinski definition) is 4. The van der Waals surface area contributed by atoms with Crippen molar-refractivity contribution in [3.05, 3.63) is 58.1 Å². The highest BCUT2D eigenvalue weighted by Gasteiger charge is 2.12. The first-order valence-corrected chi connectivity index (χ1v) is 8.36. The average molecular weight is 371 g/mol. The normalized spacial score (nSPS) is 10.8. The molecule has 5 nitrogen and oxygen atoms in total. The lowest BCUT2D eigenvalue weighted by Gasteiger charge is -2.10.